The first kappa shape index (κ1) is 19.5. The number of aromatic nitrogens is 1. The summed E-state index contributed by atoms with van der Waals surface area (Å²) in [6, 6.07) is 12.8. The smallest absolute Gasteiger partial charge is 0.241 e. The van der Waals surface area contributed by atoms with Crippen LogP contribution in [-0.2, 0) is 22.6 Å². The topological polar surface area (TPSA) is 59.1 Å². The van der Waals surface area contributed by atoms with Gasteiger partial charge >= 0.3 is 6.18 Å². The molecule has 1 heterocycles. The molecule has 0 aliphatic carbocycles. The van der Waals surface area contributed by atoms with Crippen molar-refractivity contribution in [2.75, 3.05) is 6.54 Å². The number of alkyl halides is 3. The minimum Gasteiger partial charge on any atom is -0.241 e. The van der Waals surface area contributed by atoms with Crippen molar-refractivity contribution in [3.05, 3.63) is 71.2 Å². The zero-order valence-corrected chi connectivity index (χ0v) is 15.5. The quantitative estimate of drug-likeness (QED) is 0.655. The van der Waals surface area contributed by atoms with Gasteiger partial charge in [-0.1, -0.05) is 30.3 Å². The number of sulfonamides is 1. The van der Waals surface area contributed by atoms with Crippen molar-refractivity contribution in [3.8, 4) is 10.6 Å². The Bertz CT molecular complexity index is 999. The van der Waals surface area contributed by atoms with Crippen LogP contribution in [0.15, 0.2) is 64.9 Å². The Hall–Kier alpha value is -2.23. The van der Waals surface area contributed by atoms with Crippen molar-refractivity contribution in [2.45, 2.75) is 17.5 Å². The monoisotopic (exact) mass is 412 g/mol. The van der Waals surface area contributed by atoms with Crippen molar-refractivity contribution in [1.29, 1.82) is 0 Å². The summed E-state index contributed by atoms with van der Waals surface area (Å²) in [5.41, 5.74) is 0.549. The van der Waals surface area contributed by atoms with E-state index in [4.69, 9.17) is 0 Å². The average Bonchev–Trinajstić information content (AvgIpc) is 3.11. The number of hydrogen-bond donors (Lipinski definition) is 1. The number of halogens is 3. The van der Waals surface area contributed by atoms with Crippen molar-refractivity contribution in [3.63, 3.8) is 0 Å². The lowest BCUT2D eigenvalue weighted by Gasteiger charge is -2.06. The first-order valence-corrected chi connectivity index (χ1v) is 10.3. The van der Waals surface area contributed by atoms with Crippen LogP contribution >= 0.6 is 11.3 Å². The predicted octanol–water partition coefficient (Wildman–Crippen LogP) is 4.35. The molecule has 1 N–H and O–H groups in total. The van der Waals surface area contributed by atoms with Gasteiger partial charge in [0, 0.05) is 23.9 Å². The third-order valence-electron chi connectivity index (χ3n) is 3.74. The maximum absolute atomic E-state index is 12.6. The summed E-state index contributed by atoms with van der Waals surface area (Å²) in [5.74, 6) is 0. The molecule has 0 saturated heterocycles. The van der Waals surface area contributed by atoms with Gasteiger partial charge in [0.1, 0.15) is 5.01 Å². The molecule has 0 fully saturated rings. The molecule has 3 aromatic rings. The van der Waals surface area contributed by atoms with Gasteiger partial charge in [-0.25, -0.2) is 18.1 Å². The van der Waals surface area contributed by atoms with Gasteiger partial charge in [-0.2, -0.15) is 13.2 Å². The lowest BCUT2D eigenvalue weighted by atomic mass is 10.1. The molecule has 142 valence electrons. The number of nitrogens with zero attached hydrogens (tertiary/aromatic N) is 1. The normalized spacial score (nSPS) is 12.3. The van der Waals surface area contributed by atoms with E-state index in [0.29, 0.717) is 22.7 Å². The fraction of sp³-hybridized carbons (Fsp3) is 0.167. The van der Waals surface area contributed by atoms with Gasteiger partial charge in [0.15, 0.2) is 0 Å². The third kappa shape index (κ3) is 4.94. The zero-order chi connectivity index (χ0) is 19.5. The van der Waals surface area contributed by atoms with Crippen LogP contribution in [0.4, 0.5) is 13.2 Å². The molecule has 9 heteroatoms. The van der Waals surface area contributed by atoms with Gasteiger partial charge in [-0.3, -0.25) is 0 Å². The van der Waals surface area contributed by atoms with Crippen LogP contribution in [-0.4, -0.2) is 19.9 Å². The molecule has 27 heavy (non-hydrogen) atoms. The zero-order valence-electron chi connectivity index (χ0n) is 13.9. The van der Waals surface area contributed by atoms with Crippen LogP contribution in [0.1, 0.15) is 11.3 Å². The second-order valence-corrected chi connectivity index (χ2v) is 8.30. The largest absolute Gasteiger partial charge is 0.416 e. The Morgan fingerprint density at radius 2 is 1.67 bits per heavy atom. The number of benzene rings is 2. The van der Waals surface area contributed by atoms with E-state index in [1.54, 1.807) is 23.6 Å². The highest BCUT2D eigenvalue weighted by Crippen LogP contribution is 2.31. The molecule has 0 radical (unpaired) electrons. The molecule has 2 aromatic carbocycles. The van der Waals surface area contributed by atoms with Gasteiger partial charge in [-0.05, 0) is 24.3 Å². The maximum Gasteiger partial charge on any atom is 0.416 e. The van der Waals surface area contributed by atoms with E-state index in [9.17, 15) is 21.6 Å². The molecule has 0 bridgehead atoms. The molecule has 0 aliphatic heterocycles. The summed E-state index contributed by atoms with van der Waals surface area (Å²) in [4.78, 5) is 4.56. The molecule has 3 rings (SSSR count). The maximum atomic E-state index is 12.6. The van der Waals surface area contributed by atoms with E-state index in [2.05, 4.69) is 9.71 Å². The first-order valence-electron chi connectivity index (χ1n) is 7.92. The molecular weight excluding hydrogens is 397 g/mol. The van der Waals surface area contributed by atoms with Gasteiger partial charge in [0.25, 0.3) is 0 Å². The molecule has 0 atom stereocenters. The van der Waals surface area contributed by atoms with E-state index in [1.807, 2.05) is 0 Å². The van der Waals surface area contributed by atoms with E-state index < -0.39 is 21.8 Å². The van der Waals surface area contributed by atoms with E-state index in [1.165, 1.54) is 35.6 Å². The summed E-state index contributed by atoms with van der Waals surface area (Å²) in [7, 11) is -3.58. The fourth-order valence-electron chi connectivity index (χ4n) is 2.35. The summed E-state index contributed by atoms with van der Waals surface area (Å²) in [6.07, 6.45) is -3.99. The first-order chi connectivity index (χ1) is 12.8. The Labute approximate surface area is 158 Å². The fourth-order valence-corrected chi connectivity index (χ4v) is 4.27. The highest BCUT2D eigenvalue weighted by Gasteiger charge is 2.30. The molecule has 0 saturated carbocycles. The van der Waals surface area contributed by atoms with Gasteiger partial charge in [0.05, 0.1) is 16.2 Å². The standard InChI is InChI=1S/C18H15F3N2O2S2/c19-18(20,21)14-8-6-13(7-9-14)17-23-15(12-26-17)10-11-22-27(24,25)16-4-2-1-3-5-16/h1-9,12,22H,10-11H2. The van der Waals surface area contributed by atoms with E-state index >= 15 is 0 Å². The second-order valence-electron chi connectivity index (χ2n) is 5.68. The molecular formula is C18H15F3N2O2S2. The van der Waals surface area contributed by atoms with Crippen LogP contribution in [0, 0.1) is 0 Å². The molecule has 0 aliphatic rings. The van der Waals surface area contributed by atoms with E-state index in [-0.39, 0.29) is 11.4 Å². The van der Waals surface area contributed by atoms with Crippen LogP contribution in [0.5, 0.6) is 0 Å². The summed E-state index contributed by atoms with van der Waals surface area (Å²) < 4.78 is 64.6. The number of hydrogen-bond acceptors (Lipinski definition) is 4. The molecule has 0 spiro atoms. The summed E-state index contributed by atoms with van der Waals surface area (Å²) in [5, 5.41) is 2.36. The van der Waals surface area contributed by atoms with Crippen molar-refractivity contribution < 1.29 is 21.6 Å². The third-order valence-corrected chi connectivity index (χ3v) is 6.15. The lowest BCUT2D eigenvalue weighted by molar-refractivity contribution is -0.137. The average molecular weight is 412 g/mol. The highest BCUT2D eigenvalue weighted by atomic mass is 32.2. The van der Waals surface area contributed by atoms with E-state index in [0.717, 1.165) is 12.1 Å². The SMILES string of the molecule is O=S(=O)(NCCc1csc(-c2ccc(C(F)(F)F)cc2)n1)c1ccccc1. The predicted molar refractivity (Wildman–Crippen MR) is 97.9 cm³/mol. The Kier molecular flexibility index (Phi) is 5.64. The molecule has 4 nitrogen and oxygen atoms in total. The number of thiazole rings is 1. The molecule has 0 unspecified atom stereocenters. The van der Waals surface area contributed by atoms with Gasteiger partial charge in [-0.15, -0.1) is 11.3 Å². The number of nitrogens with one attached hydrogen (secondary N) is 1. The summed E-state index contributed by atoms with van der Waals surface area (Å²) in [6.45, 7) is 0.174. The van der Waals surface area contributed by atoms with Crippen molar-refractivity contribution >= 4 is 21.4 Å². The number of rotatable bonds is 6. The minimum absolute atomic E-state index is 0.174. The van der Waals surface area contributed by atoms with Gasteiger partial charge in [0.2, 0.25) is 10.0 Å². The van der Waals surface area contributed by atoms with Crippen LogP contribution in [0.3, 0.4) is 0 Å². The Morgan fingerprint density at radius 1 is 1.00 bits per heavy atom. The van der Waals surface area contributed by atoms with Crippen LogP contribution < -0.4 is 4.72 Å². The molecule has 0 amide bonds. The highest BCUT2D eigenvalue weighted by molar-refractivity contribution is 7.89. The summed E-state index contributed by atoms with van der Waals surface area (Å²) >= 11 is 1.30. The van der Waals surface area contributed by atoms with Crippen molar-refractivity contribution in [2.24, 2.45) is 0 Å². The Morgan fingerprint density at radius 3 is 2.30 bits per heavy atom. The van der Waals surface area contributed by atoms with Crippen molar-refractivity contribution in [1.82, 2.24) is 9.71 Å². The minimum atomic E-state index is -4.37. The lowest BCUT2D eigenvalue weighted by Crippen LogP contribution is -2.26. The Balaban J connectivity index is 1.62. The molecule has 1 aromatic heterocycles. The van der Waals surface area contributed by atoms with Crippen LogP contribution in [0.2, 0.25) is 0 Å². The second kappa shape index (κ2) is 7.79. The van der Waals surface area contributed by atoms with Gasteiger partial charge < -0.3 is 0 Å². The van der Waals surface area contributed by atoms with Crippen LogP contribution in [0.25, 0.3) is 10.6 Å².